The summed E-state index contributed by atoms with van der Waals surface area (Å²) in [4.78, 5) is 5.31. The Morgan fingerprint density at radius 3 is 2.48 bits per heavy atom. The molecule has 0 aromatic heterocycles. The van der Waals surface area contributed by atoms with Gasteiger partial charge in [0, 0.05) is 43.9 Å². The molecule has 0 aromatic carbocycles. The lowest BCUT2D eigenvalue weighted by atomic mass is 9.84. The first kappa shape index (κ1) is 17.7. The molecule has 3 aliphatic rings. The van der Waals surface area contributed by atoms with Crippen LogP contribution in [0.25, 0.3) is 0 Å². The van der Waals surface area contributed by atoms with Crippen LogP contribution in [0.15, 0.2) is 0 Å². The van der Waals surface area contributed by atoms with Gasteiger partial charge in [0.25, 0.3) is 0 Å². The lowest BCUT2D eigenvalue weighted by Gasteiger charge is -2.50. The Hall–Kier alpha value is -0.160. The first-order valence-electron chi connectivity index (χ1n) is 9.87. The highest BCUT2D eigenvalue weighted by Crippen LogP contribution is 2.31. The van der Waals surface area contributed by atoms with Crippen LogP contribution in [0, 0.1) is 5.92 Å². The molecule has 3 fully saturated rings. The topological polar surface area (TPSA) is 27.7 Å². The Morgan fingerprint density at radius 2 is 1.78 bits per heavy atom. The maximum atomic E-state index is 5.70. The molecule has 3 aliphatic heterocycles. The summed E-state index contributed by atoms with van der Waals surface area (Å²) in [5.41, 5.74) is 0.352. The fraction of sp³-hybridized carbons (Fsp3) is 1.00. The number of hydrogen-bond donors (Lipinski definition) is 1. The van der Waals surface area contributed by atoms with Gasteiger partial charge >= 0.3 is 0 Å². The minimum absolute atomic E-state index is 0.352. The van der Waals surface area contributed by atoms with Gasteiger partial charge in [0.1, 0.15) is 0 Å². The third-order valence-electron chi connectivity index (χ3n) is 6.75. The van der Waals surface area contributed by atoms with Gasteiger partial charge in [0.2, 0.25) is 0 Å². The molecule has 0 saturated carbocycles. The molecule has 0 amide bonds. The van der Waals surface area contributed by atoms with E-state index in [1.165, 1.54) is 58.2 Å². The number of rotatable bonds is 4. The molecule has 3 atom stereocenters. The Kier molecular flexibility index (Phi) is 6.00. The highest BCUT2D eigenvalue weighted by atomic mass is 16.5. The van der Waals surface area contributed by atoms with Crippen LogP contribution in [-0.4, -0.2) is 73.9 Å². The van der Waals surface area contributed by atoms with Crippen LogP contribution in [0.5, 0.6) is 0 Å². The maximum Gasteiger partial charge on any atom is 0.0484 e. The summed E-state index contributed by atoms with van der Waals surface area (Å²) in [6.45, 7) is 11.6. The molecule has 3 saturated heterocycles. The van der Waals surface area contributed by atoms with Gasteiger partial charge in [-0.25, -0.2) is 0 Å². The minimum Gasteiger partial charge on any atom is -0.381 e. The second-order valence-electron chi connectivity index (χ2n) is 8.37. The molecule has 0 spiro atoms. The number of likely N-dealkylation sites (tertiary alicyclic amines) is 2. The quantitative estimate of drug-likeness (QED) is 0.859. The van der Waals surface area contributed by atoms with Crippen molar-refractivity contribution in [1.82, 2.24) is 15.1 Å². The summed E-state index contributed by atoms with van der Waals surface area (Å²) in [7, 11) is 2.27. The van der Waals surface area contributed by atoms with E-state index in [0.717, 1.165) is 25.7 Å². The first-order valence-corrected chi connectivity index (χ1v) is 9.87. The van der Waals surface area contributed by atoms with E-state index in [4.69, 9.17) is 4.74 Å². The van der Waals surface area contributed by atoms with Crippen molar-refractivity contribution >= 4 is 0 Å². The number of nitrogens with one attached hydrogen (secondary N) is 1. The average Bonchev–Trinajstić information content (AvgIpc) is 2.58. The third-order valence-corrected chi connectivity index (χ3v) is 6.75. The van der Waals surface area contributed by atoms with Crippen LogP contribution in [0.4, 0.5) is 0 Å². The minimum atomic E-state index is 0.352. The van der Waals surface area contributed by atoms with Crippen LogP contribution in [-0.2, 0) is 4.74 Å². The zero-order valence-electron chi connectivity index (χ0n) is 15.5. The van der Waals surface area contributed by atoms with Gasteiger partial charge < -0.3 is 15.0 Å². The van der Waals surface area contributed by atoms with Gasteiger partial charge in [-0.1, -0.05) is 13.3 Å². The Balaban J connectivity index is 1.62. The number of hydrogen-bond acceptors (Lipinski definition) is 4. The molecule has 4 heteroatoms. The zero-order valence-corrected chi connectivity index (χ0v) is 15.5. The summed E-state index contributed by atoms with van der Waals surface area (Å²) in [6, 6.07) is 1.37. The molecule has 134 valence electrons. The fourth-order valence-corrected chi connectivity index (χ4v) is 4.87. The van der Waals surface area contributed by atoms with Crippen molar-refractivity contribution in [1.29, 1.82) is 0 Å². The van der Waals surface area contributed by atoms with E-state index in [1.807, 2.05) is 0 Å². The molecule has 3 heterocycles. The molecule has 1 N–H and O–H groups in total. The summed E-state index contributed by atoms with van der Waals surface area (Å²) in [5.74, 6) is 0.745. The Morgan fingerprint density at radius 1 is 1.09 bits per heavy atom. The SMILES string of the molecule is C[C@@H]1CN(C)[C@@H](C)C[C@@H]1NCC1(N2CCCCC2)CCOCC1. The molecular weight excluding hydrogens is 286 g/mol. The second kappa shape index (κ2) is 7.81. The lowest BCUT2D eigenvalue weighted by Crippen LogP contribution is -2.61. The molecule has 3 rings (SSSR count). The van der Waals surface area contributed by atoms with Gasteiger partial charge in [-0.05, 0) is 65.1 Å². The second-order valence-corrected chi connectivity index (χ2v) is 8.37. The molecule has 4 nitrogen and oxygen atoms in total. The van der Waals surface area contributed by atoms with Crippen molar-refractivity contribution in [3.05, 3.63) is 0 Å². The van der Waals surface area contributed by atoms with Crippen LogP contribution in [0.1, 0.15) is 52.4 Å². The molecular formula is C19H37N3O. The number of piperidine rings is 2. The summed E-state index contributed by atoms with van der Waals surface area (Å²) in [5, 5.41) is 4.01. The Bertz CT molecular complexity index is 364. The third kappa shape index (κ3) is 4.09. The average molecular weight is 324 g/mol. The van der Waals surface area contributed by atoms with Crippen molar-refractivity contribution in [3.8, 4) is 0 Å². The molecule has 0 unspecified atom stereocenters. The predicted molar refractivity (Wildman–Crippen MR) is 95.9 cm³/mol. The van der Waals surface area contributed by atoms with Crippen LogP contribution in [0.3, 0.4) is 0 Å². The van der Waals surface area contributed by atoms with Crippen molar-refractivity contribution < 1.29 is 4.74 Å². The summed E-state index contributed by atoms with van der Waals surface area (Å²) < 4.78 is 5.70. The van der Waals surface area contributed by atoms with Crippen molar-refractivity contribution in [2.24, 2.45) is 5.92 Å². The maximum absolute atomic E-state index is 5.70. The van der Waals surface area contributed by atoms with Gasteiger partial charge in [-0.3, -0.25) is 4.90 Å². The van der Waals surface area contributed by atoms with E-state index in [-0.39, 0.29) is 0 Å². The molecule has 0 bridgehead atoms. The lowest BCUT2D eigenvalue weighted by molar-refractivity contribution is -0.0390. The highest BCUT2D eigenvalue weighted by Gasteiger charge is 2.40. The summed E-state index contributed by atoms with van der Waals surface area (Å²) >= 11 is 0. The van der Waals surface area contributed by atoms with Gasteiger partial charge in [-0.15, -0.1) is 0 Å². The van der Waals surface area contributed by atoms with E-state index >= 15 is 0 Å². The Labute approximate surface area is 142 Å². The molecule has 0 aliphatic carbocycles. The van der Waals surface area contributed by atoms with Crippen molar-refractivity contribution in [2.45, 2.75) is 70.0 Å². The predicted octanol–water partition coefficient (Wildman–Crippen LogP) is 2.34. The number of nitrogens with zero attached hydrogens (tertiary/aromatic N) is 2. The first-order chi connectivity index (χ1) is 11.1. The zero-order chi connectivity index (χ0) is 16.3. The van der Waals surface area contributed by atoms with E-state index < -0.39 is 0 Å². The van der Waals surface area contributed by atoms with E-state index in [2.05, 4.69) is 36.0 Å². The van der Waals surface area contributed by atoms with Gasteiger partial charge in [0.05, 0.1) is 0 Å². The van der Waals surface area contributed by atoms with Crippen molar-refractivity contribution in [2.75, 3.05) is 46.4 Å². The summed E-state index contributed by atoms with van der Waals surface area (Å²) in [6.07, 6.45) is 7.87. The molecule has 0 radical (unpaired) electrons. The standard InChI is InChI=1S/C19H37N3O/c1-16-14-21(3)17(2)13-18(16)20-15-19(7-11-23-12-8-19)22-9-5-4-6-10-22/h16-18,20H,4-15H2,1-3H3/t16-,17+,18+/m1/s1. The van der Waals surface area contributed by atoms with Crippen LogP contribution < -0.4 is 5.32 Å². The molecule has 0 aromatic rings. The smallest absolute Gasteiger partial charge is 0.0484 e. The van der Waals surface area contributed by atoms with E-state index in [9.17, 15) is 0 Å². The van der Waals surface area contributed by atoms with Gasteiger partial charge in [-0.2, -0.15) is 0 Å². The molecule has 23 heavy (non-hydrogen) atoms. The van der Waals surface area contributed by atoms with Crippen LogP contribution in [0.2, 0.25) is 0 Å². The largest absolute Gasteiger partial charge is 0.381 e. The highest BCUT2D eigenvalue weighted by molar-refractivity contribution is 4.97. The van der Waals surface area contributed by atoms with Gasteiger partial charge in [0.15, 0.2) is 0 Å². The van der Waals surface area contributed by atoms with Crippen LogP contribution >= 0.6 is 0 Å². The monoisotopic (exact) mass is 323 g/mol. The van der Waals surface area contributed by atoms with Crippen molar-refractivity contribution in [3.63, 3.8) is 0 Å². The fourth-order valence-electron chi connectivity index (χ4n) is 4.87. The number of ether oxygens (including phenoxy) is 1. The normalized spacial score (nSPS) is 36.9. The van der Waals surface area contributed by atoms with E-state index in [0.29, 0.717) is 17.6 Å². The van der Waals surface area contributed by atoms with E-state index in [1.54, 1.807) is 0 Å².